The Kier molecular flexibility index (Phi) is 5.41. The molecule has 38 heavy (non-hydrogen) atoms. The number of hydrogen-bond acceptors (Lipinski definition) is 6. The molecule has 0 radical (unpaired) electrons. The van der Waals surface area contributed by atoms with Gasteiger partial charge in [0.15, 0.2) is 0 Å². The second-order valence-electron chi connectivity index (χ2n) is 10.2. The molecule has 2 saturated carbocycles. The quantitative estimate of drug-likeness (QED) is 0.406. The maximum atomic E-state index is 13.6. The van der Waals surface area contributed by atoms with Gasteiger partial charge in [-0.05, 0) is 74.4 Å². The molecular formula is C27H24FN7O3. The van der Waals surface area contributed by atoms with Gasteiger partial charge in [0.2, 0.25) is 5.88 Å². The van der Waals surface area contributed by atoms with Crippen LogP contribution >= 0.6 is 0 Å². The lowest BCUT2D eigenvalue weighted by Crippen LogP contribution is -2.58. The van der Waals surface area contributed by atoms with Gasteiger partial charge in [0, 0.05) is 6.04 Å². The first-order valence-electron chi connectivity index (χ1n) is 12.3. The number of nitrogens with one attached hydrogen (secondary N) is 1. The molecule has 2 fully saturated rings. The number of pyridine rings is 1. The molecule has 0 saturated heterocycles. The minimum absolute atomic E-state index is 0.0560. The number of carbonyl (C=O) groups is 2. The Morgan fingerprint density at radius 2 is 1.92 bits per heavy atom. The van der Waals surface area contributed by atoms with Crippen molar-refractivity contribution in [1.29, 1.82) is 5.26 Å². The second kappa shape index (κ2) is 8.69. The van der Waals surface area contributed by atoms with E-state index in [4.69, 9.17) is 15.7 Å². The van der Waals surface area contributed by atoms with E-state index in [0.717, 1.165) is 37.1 Å². The van der Waals surface area contributed by atoms with Crippen molar-refractivity contribution in [2.45, 2.75) is 44.8 Å². The van der Waals surface area contributed by atoms with Gasteiger partial charge >= 0.3 is 0 Å². The normalized spacial score (nSPS) is 21.9. The fourth-order valence-electron chi connectivity index (χ4n) is 5.72. The van der Waals surface area contributed by atoms with Crippen LogP contribution in [0.15, 0.2) is 48.8 Å². The highest BCUT2D eigenvalue weighted by Crippen LogP contribution is 2.57. The van der Waals surface area contributed by atoms with Crippen LogP contribution in [-0.2, 0) is 0 Å². The summed E-state index contributed by atoms with van der Waals surface area (Å²) < 4.78 is 22.5. The first kappa shape index (κ1) is 23.7. The van der Waals surface area contributed by atoms with Gasteiger partial charge in [-0.15, -0.1) is 5.10 Å². The molecule has 3 aromatic heterocycles. The van der Waals surface area contributed by atoms with Crippen LogP contribution in [0.1, 0.15) is 57.7 Å². The number of amides is 2. The molecule has 6 rings (SSSR count). The van der Waals surface area contributed by atoms with Gasteiger partial charge in [0.1, 0.15) is 17.5 Å². The summed E-state index contributed by atoms with van der Waals surface area (Å²) in [5, 5.41) is 20.7. The topological polar surface area (TPSA) is 140 Å². The van der Waals surface area contributed by atoms with Gasteiger partial charge in [-0.2, -0.15) is 10.4 Å². The molecule has 3 heterocycles. The molecule has 4 aromatic rings. The summed E-state index contributed by atoms with van der Waals surface area (Å²) >= 11 is 0. The second-order valence-corrected chi connectivity index (χ2v) is 10.2. The summed E-state index contributed by atoms with van der Waals surface area (Å²) in [6.45, 7) is 1.84. The van der Waals surface area contributed by atoms with E-state index in [-0.39, 0.29) is 34.9 Å². The predicted octanol–water partition coefficient (Wildman–Crippen LogP) is 3.06. The summed E-state index contributed by atoms with van der Waals surface area (Å²) in [6.07, 6.45) is 5.81. The lowest BCUT2D eigenvalue weighted by Gasteiger charge is -2.57. The molecule has 192 valence electrons. The number of aromatic nitrogens is 4. The molecule has 10 nitrogen and oxygen atoms in total. The number of hydrogen-bond donors (Lipinski definition) is 2. The van der Waals surface area contributed by atoms with Crippen LogP contribution in [-0.4, -0.2) is 43.4 Å². The largest absolute Gasteiger partial charge is 0.473 e. The van der Waals surface area contributed by atoms with Crippen LogP contribution in [0.4, 0.5) is 4.39 Å². The predicted molar refractivity (Wildman–Crippen MR) is 133 cm³/mol. The van der Waals surface area contributed by atoms with E-state index in [2.05, 4.69) is 21.6 Å². The van der Waals surface area contributed by atoms with Crippen LogP contribution < -0.4 is 15.8 Å². The fraction of sp³-hybridized carbons (Fsp3) is 0.296. The number of nitrogens with two attached hydrogens (primary N) is 1. The van der Waals surface area contributed by atoms with Crippen molar-refractivity contribution < 1.29 is 18.7 Å². The van der Waals surface area contributed by atoms with E-state index in [9.17, 15) is 14.0 Å². The van der Waals surface area contributed by atoms with Crippen LogP contribution in [0.2, 0.25) is 0 Å². The molecule has 1 spiro atoms. The van der Waals surface area contributed by atoms with Gasteiger partial charge in [-0.25, -0.2) is 13.6 Å². The van der Waals surface area contributed by atoms with Crippen LogP contribution in [0.5, 0.6) is 5.88 Å². The molecule has 0 aliphatic heterocycles. The number of ether oxygens (including phenoxy) is 1. The zero-order valence-corrected chi connectivity index (χ0v) is 20.5. The van der Waals surface area contributed by atoms with Crippen molar-refractivity contribution in [2.24, 2.45) is 11.1 Å². The Morgan fingerprint density at radius 3 is 2.61 bits per heavy atom. The van der Waals surface area contributed by atoms with Gasteiger partial charge in [0.05, 0.1) is 46.5 Å². The number of benzene rings is 1. The first-order valence-corrected chi connectivity index (χ1v) is 12.3. The molecule has 2 amide bonds. The third kappa shape index (κ3) is 3.94. The summed E-state index contributed by atoms with van der Waals surface area (Å²) in [6, 6.07) is 11.8. The van der Waals surface area contributed by atoms with Gasteiger partial charge in [0.25, 0.3) is 11.8 Å². The molecule has 0 atom stereocenters. The molecule has 2 aliphatic carbocycles. The fourth-order valence-corrected chi connectivity index (χ4v) is 5.72. The third-order valence-corrected chi connectivity index (χ3v) is 7.60. The highest BCUT2D eigenvalue weighted by Gasteiger charge is 2.54. The molecular weight excluding hydrogens is 489 g/mol. The number of nitriles is 1. The molecule has 11 heteroatoms. The molecule has 2 aliphatic rings. The Morgan fingerprint density at radius 1 is 1.18 bits per heavy atom. The Balaban J connectivity index is 1.05. The van der Waals surface area contributed by atoms with E-state index >= 15 is 0 Å². The molecule has 0 bridgehead atoms. The maximum absolute atomic E-state index is 13.6. The Bertz CT molecular complexity index is 1620. The lowest BCUT2D eigenvalue weighted by molar-refractivity contribution is -0.0848. The number of rotatable bonds is 6. The minimum atomic E-state index is -0.681. The zero-order valence-electron chi connectivity index (χ0n) is 20.5. The minimum Gasteiger partial charge on any atom is -0.473 e. The average Bonchev–Trinajstić information content (AvgIpc) is 3.41. The Hall–Kier alpha value is -4.72. The lowest BCUT2D eigenvalue weighted by atomic mass is 9.53. The summed E-state index contributed by atoms with van der Waals surface area (Å²) in [5.41, 5.74) is 8.71. The molecule has 0 unspecified atom stereocenters. The maximum Gasteiger partial charge on any atom is 0.256 e. The number of halogens is 1. The summed E-state index contributed by atoms with van der Waals surface area (Å²) in [7, 11) is 0. The van der Waals surface area contributed by atoms with Crippen molar-refractivity contribution in [1.82, 2.24) is 24.7 Å². The van der Waals surface area contributed by atoms with Crippen LogP contribution in [0.3, 0.4) is 0 Å². The summed E-state index contributed by atoms with van der Waals surface area (Å²) in [4.78, 5) is 24.9. The van der Waals surface area contributed by atoms with E-state index in [1.807, 2.05) is 6.92 Å². The smallest absolute Gasteiger partial charge is 0.256 e. The van der Waals surface area contributed by atoms with Gasteiger partial charge in [-0.3, -0.25) is 9.59 Å². The van der Waals surface area contributed by atoms with Crippen molar-refractivity contribution in [3.05, 3.63) is 77.0 Å². The van der Waals surface area contributed by atoms with Crippen molar-refractivity contribution in [3.8, 4) is 17.6 Å². The van der Waals surface area contributed by atoms with Crippen LogP contribution in [0, 0.1) is 29.5 Å². The zero-order chi connectivity index (χ0) is 26.6. The van der Waals surface area contributed by atoms with Crippen LogP contribution in [0.25, 0.3) is 11.2 Å². The van der Waals surface area contributed by atoms with E-state index in [1.54, 1.807) is 35.1 Å². The van der Waals surface area contributed by atoms with E-state index < -0.39 is 11.7 Å². The number of nitrogens with zero attached hydrogens (tertiary/aromatic N) is 5. The average molecular weight is 514 g/mol. The third-order valence-electron chi connectivity index (χ3n) is 7.60. The number of fused-ring (bicyclic) bond motifs is 1. The highest BCUT2D eigenvalue weighted by atomic mass is 19.1. The van der Waals surface area contributed by atoms with E-state index in [1.165, 1.54) is 22.8 Å². The molecule has 1 aromatic carbocycles. The van der Waals surface area contributed by atoms with Gasteiger partial charge < -0.3 is 15.8 Å². The van der Waals surface area contributed by atoms with Gasteiger partial charge in [-0.1, -0.05) is 0 Å². The SMILES string of the molecule is Cc1c(C(=O)NC2CC3(C2)CC(Oc2nn4cc(F)ccc4c2C(N)=O)C3)cnn1-c1ccc(C#N)cc1. The number of primary amides is 1. The van der Waals surface area contributed by atoms with Crippen molar-refractivity contribution in [2.75, 3.05) is 0 Å². The van der Waals surface area contributed by atoms with Crippen molar-refractivity contribution >= 4 is 17.3 Å². The highest BCUT2D eigenvalue weighted by molar-refractivity contribution is 6.02. The first-order chi connectivity index (χ1) is 18.2. The summed E-state index contributed by atoms with van der Waals surface area (Å²) in [5.74, 6) is -1.22. The van der Waals surface area contributed by atoms with E-state index in [0.29, 0.717) is 16.6 Å². The standard InChI is InChI=1S/C27H24FN7O3/c1-15-21(13-31-35(15)19-5-2-16(12-29)3-6-19)25(37)32-18-8-27(9-18)10-20(11-27)38-26-23(24(30)36)22-7-4-17(28)14-34(22)33-26/h2-7,13-14,18,20H,8-11H2,1H3,(H2,30,36)(H,32,37). The van der Waals surface area contributed by atoms with Crippen molar-refractivity contribution in [3.63, 3.8) is 0 Å². The monoisotopic (exact) mass is 513 g/mol. The number of carbonyl (C=O) groups excluding carboxylic acids is 2. The molecule has 3 N–H and O–H groups in total. The Labute approximate surface area is 216 Å².